The number of hydrogen-bond donors (Lipinski definition) is 0. The highest BCUT2D eigenvalue weighted by Crippen LogP contribution is 2.40. The van der Waals surface area contributed by atoms with Crippen LogP contribution in [-0.4, -0.2) is 35.6 Å². The fraction of sp³-hybridized carbons (Fsp3) is 0.130. The highest BCUT2D eigenvalue weighted by atomic mass is 16.5. The van der Waals surface area contributed by atoms with Gasteiger partial charge >= 0.3 is 0 Å². The van der Waals surface area contributed by atoms with E-state index in [0.717, 1.165) is 20.9 Å². The lowest BCUT2D eigenvalue weighted by Gasteiger charge is -2.23. The third-order valence-corrected chi connectivity index (χ3v) is 9.53. The maximum Gasteiger partial charge on any atom is 0.266 e. The lowest BCUT2D eigenvalue weighted by Crippen LogP contribution is -2.29. The normalized spacial score (nSPS) is 13.5. The summed E-state index contributed by atoms with van der Waals surface area (Å²) < 4.78 is 24.5. The van der Waals surface area contributed by atoms with E-state index in [0.29, 0.717) is 62.8 Å². The number of nitrogens with zero attached hydrogens (tertiary/aromatic N) is 2. The van der Waals surface area contributed by atoms with Crippen molar-refractivity contribution in [3.05, 3.63) is 161 Å². The van der Waals surface area contributed by atoms with Crippen molar-refractivity contribution >= 4 is 29.3 Å². The number of hydrogen-bond acceptors (Lipinski definition) is 8. The van der Waals surface area contributed by atoms with Crippen LogP contribution in [0.5, 0.6) is 46.0 Å². The number of benzene rings is 6. The number of ether oxygens (including phenoxy) is 4. The van der Waals surface area contributed by atoms with E-state index in [2.05, 4.69) is 0 Å². The Balaban J connectivity index is 0.962. The molecule has 0 atom stereocenters. The predicted octanol–water partition coefficient (Wildman–Crippen LogP) is 10.5. The van der Waals surface area contributed by atoms with E-state index in [4.69, 9.17) is 18.9 Å². The summed E-state index contributed by atoms with van der Waals surface area (Å²) in [4.78, 5) is 54.3. The maximum atomic E-state index is 13.7. The number of imide groups is 2. The first-order valence-corrected chi connectivity index (χ1v) is 17.9. The molecular formula is C46H36N2O8. The van der Waals surface area contributed by atoms with Gasteiger partial charge in [-0.1, -0.05) is 44.5 Å². The molecule has 0 spiro atoms. The van der Waals surface area contributed by atoms with E-state index in [-0.39, 0.29) is 28.4 Å². The van der Waals surface area contributed by atoms with Crippen LogP contribution in [0.25, 0.3) is 0 Å². The Morgan fingerprint density at radius 1 is 0.446 bits per heavy atom. The third kappa shape index (κ3) is 6.84. The van der Waals surface area contributed by atoms with Crippen molar-refractivity contribution in [1.82, 2.24) is 4.90 Å². The first kappa shape index (κ1) is 35.8. The van der Waals surface area contributed by atoms with E-state index >= 15 is 0 Å². The average Bonchev–Trinajstić information content (AvgIpc) is 3.55. The van der Waals surface area contributed by atoms with Gasteiger partial charge in [-0.3, -0.25) is 24.1 Å². The van der Waals surface area contributed by atoms with Crippen LogP contribution in [0.3, 0.4) is 0 Å². The molecule has 0 fully saturated rings. The molecule has 0 saturated carbocycles. The molecule has 0 unspecified atom stereocenters. The summed E-state index contributed by atoms with van der Waals surface area (Å²) >= 11 is 0. The third-order valence-electron chi connectivity index (χ3n) is 9.53. The van der Waals surface area contributed by atoms with Gasteiger partial charge in [0.1, 0.15) is 46.0 Å². The molecule has 4 amide bonds. The van der Waals surface area contributed by atoms with Crippen molar-refractivity contribution in [2.75, 3.05) is 11.9 Å². The molecule has 10 heteroatoms. The van der Waals surface area contributed by atoms with Gasteiger partial charge in [0.05, 0.1) is 27.9 Å². The van der Waals surface area contributed by atoms with Crippen LogP contribution in [0.15, 0.2) is 127 Å². The fourth-order valence-electron chi connectivity index (χ4n) is 6.58. The SMILES string of the molecule is Cc1ccc(Oc2cccc(Oc3ccc(N4C(=O)c5ccc(Oc6ccc(Oc7ccc8c(c7)C(=O)N(C)C8=O)c(C(C)(C)C)c6)cc5C4=O)cc3)c2)cc1. The molecule has 8 rings (SSSR count). The first-order valence-electron chi connectivity index (χ1n) is 17.9. The van der Waals surface area contributed by atoms with Crippen LogP contribution in [0.1, 0.15) is 73.3 Å². The highest BCUT2D eigenvalue weighted by Gasteiger charge is 2.37. The minimum Gasteiger partial charge on any atom is -0.457 e. The predicted molar refractivity (Wildman–Crippen MR) is 210 cm³/mol. The Bertz CT molecular complexity index is 2570. The van der Waals surface area contributed by atoms with Crippen LogP contribution >= 0.6 is 0 Å². The van der Waals surface area contributed by atoms with Crippen molar-refractivity contribution in [1.29, 1.82) is 0 Å². The molecular weight excluding hydrogens is 709 g/mol. The molecule has 56 heavy (non-hydrogen) atoms. The van der Waals surface area contributed by atoms with Crippen LogP contribution in [-0.2, 0) is 5.41 Å². The second kappa shape index (κ2) is 13.9. The standard InChI is InChI=1S/C46H36N2O8/c1-27-9-13-29(14-10-27)53-31-7-6-8-32(23-31)54-30-15-11-28(12-16-30)48-44(51)37-21-17-33(24-39(37)45(48)52)55-35-19-22-41(40(26-35)46(2,3)4)56-34-18-20-36-38(25-34)43(50)47(5)42(36)49/h6-26H,1-5H3. The molecule has 0 saturated heterocycles. The Morgan fingerprint density at radius 3 is 1.52 bits per heavy atom. The van der Waals surface area contributed by atoms with Crippen molar-refractivity contribution in [2.45, 2.75) is 33.1 Å². The smallest absolute Gasteiger partial charge is 0.266 e. The van der Waals surface area contributed by atoms with Gasteiger partial charge < -0.3 is 18.9 Å². The quantitative estimate of drug-likeness (QED) is 0.135. The van der Waals surface area contributed by atoms with Gasteiger partial charge in [0.2, 0.25) is 0 Å². The lowest BCUT2D eigenvalue weighted by atomic mass is 9.86. The summed E-state index contributed by atoms with van der Waals surface area (Å²) in [6.45, 7) is 8.12. The Morgan fingerprint density at radius 2 is 0.893 bits per heavy atom. The maximum absolute atomic E-state index is 13.7. The average molecular weight is 745 g/mol. The van der Waals surface area contributed by atoms with Crippen LogP contribution in [0.2, 0.25) is 0 Å². The van der Waals surface area contributed by atoms with E-state index in [1.807, 2.05) is 76.2 Å². The van der Waals surface area contributed by atoms with Crippen molar-refractivity contribution < 1.29 is 38.1 Å². The Kier molecular flexibility index (Phi) is 8.89. The Labute approximate surface area is 323 Å². The van der Waals surface area contributed by atoms with Gasteiger partial charge in [-0.2, -0.15) is 0 Å². The molecule has 10 nitrogen and oxygen atoms in total. The molecule has 0 bridgehead atoms. The minimum absolute atomic E-state index is 0.226. The molecule has 2 aliphatic rings. The van der Waals surface area contributed by atoms with Crippen LogP contribution in [0, 0.1) is 6.92 Å². The zero-order valence-electron chi connectivity index (χ0n) is 31.3. The second-order valence-corrected chi connectivity index (χ2v) is 14.6. The first-order chi connectivity index (χ1) is 26.8. The molecule has 2 heterocycles. The molecule has 0 aliphatic carbocycles. The highest BCUT2D eigenvalue weighted by molar-refractivity contribution is 6.34. The monoisotopic (exact) mass is 744 g/mol. The van der Waals surface area contributed by atoms with E-state index in [9.17, 15) is 19.2 Å². The van der Waals surface area contributed by atoms with Crippen molar-refractivity contribution in [3.63, 3.8) is 0 Å². The fourth-order valence-corrected chi connectivity index (χ4v) is 6.58. The van der Waals surface area contributed by atoms with E-state index in [1.54, 1.807) is 78.9 Å². The molecule has 6 aromatic rings. The number of rotatable bonds is 9. The lowest BCUT2D eigenvalue weighted by molar-refractivity contribution is 0.0692. The van der Waals surface area contributed by atoms with Gasteiger partial charge in [-0.15, -0.1) is 0 Å². The summed E-state index contributed by atoms with van der Waals surface area (Å²) in [5.74, 6) is 2.64. The topological polar surface area (TPSA) is 112 Å². The number of fused-ring (bicyclic) bond motifs is 2. The van der Waals surface area contributed by atoms with Crippen molar-refractivity contribution in [2.24, 2.45) is 0 Å². The number of carbonyl (C=O) groups is 4. The number of carbonyl (C=O) groups excluding carboxylic acids is 4. The molecule has 2 aliphatic heterocycles. The number of aryl methyl sites for hydroxylation is 1. The zero-order chi connectivity index (χ0) is 39.3. The summed E-state index contributed by atoms with van der Waals surface area (Å²) in [6.07, 6.45) is 0. The Hall–Kier alpha value is -7.20. The largest absolute Gasteiger partial charge is 0.457 e. The minimum atomic E-state index is -0.468. The molecule has 6 aromatic carbocycles. The molecule has 0 aromatic heterocycles. The van der Waals surface area contributed by atoms with Gasteiger partial charge in [0.15, 0.2) is 0 Å². The number of amides is 4. The molecule has 0 radical (unpaired) electrons. The van der Waals surface area contributed by atoms with Crippen LogP contribution < -0.4 is 23.8 Å². The zero-order valence-corrected chi connectivity index (χ0v) is 31.3. The summed E-state index contributed by atoms with van der Waals surface area (Å²) in [6, 6.07) is 36.8. The van der Waals surface area contributed by atoms with Gasteiger partial charge in [0.25, 0.3) is 23.6 Å². The summed E-state index contributed by atoms with van der Waals surface area (Å²) in [5, 5.41) is 0. The second-order valence-electron chi connectivity index (χ2n) is 14.6. The summed E-state index contributed by atoms with van der Waals surface area (Å²) in [7, 11) is 1.45. The van der Waals surface area contributed by atoms with Gasteiger partial charge in [0, 0.05) is 18.7 Å². The van der Waals surface area contributed by atoms with E-state index in [1.165, 1.54) is 7.05 Å². The van der Waals surface area contributed by atoms with Crippen LogP contribution in [0.4, 0.5) is 5.69 Å². The molecule has 278 valence electrons. The number of anilines is 1. The van der Waals surface area contributed by atoms with Gasteiger partial charge in [-0.05, 0) is 115 Å². The van der Waals surface area contributed by atoms with E-state index < -0.39 is 11.8 Å². The van der Waals surface area contributed by atoms with Gasteiger partial charge in [-0.25, -0.2) is 4.90 Å². The van der Waals surface area contributed by atoms with Crippen molar-refractivity contribution in [3.8, 4) is 46.0 Å². The summed E-state index contributed by atoms with van der Waals surface area (Å²) in [5.41, 5.74) is 3.12. The molecule has 0 N–H and O–H groups in total.